The Morgan fingerprint density at radius 2 is 1.90 bits per heavy atom. The Bertz CT molecular complexity index is 526. The van der Waals surface area contributed by atoms with E-state index in [1.54, 1.807) is 0 Å². The summed E-state index contributed by atoms with van der Waals surface area (Å²) in [6.45, 7) is 2.31. The second kappa shape index (κ2) is 5.07. The van der Waals surface area contributed by atoms with Crippen LogP contribution < -0.4 is 0 Å². The zero-order valence-corrected chi connectivity index (χ0v) is 12.6. The van der Waals surface area contributed by atoms with Gasteiger partial charge in [-0.3, -0.25) is 4.79 Å². The van der Waals surface area contributed by atoms with Crippen LogP contribution in [0.25, 0.3) is 0 Å². The highest BCUT2D eigenvalue weighted by molar-refractivity contribution is 6.31. The van der Waals surface area contributed by atoms with Crippen molar-refractivity contribution in [2.75, 3.05) is 0 Å². The first-order valence-corrected chi connectivity index (χ1v) is 7.94. The molecule has 2 aliphatic carbocycles. The number of carboxylic acid groups (broad SMARTS) is 1. The molecule has 3 heteroatoms. The predicted octanol–water partition coefficient (Wildman–Crippen LogP) is 4.75. The van der Waals surface area contributed by atoms with Gasteiger partial charge < -0.3 is 5.11 Å². The van der Waals surface area contributed by atoms with Crippen molar-refractivity contribution >= 4 is 17.6 Å². The molecule has 2 nitrogen and oxygen atoms in total. The van der Waals surface area contributed by atoms with Crippen LogP contribution >= 0.6 is 11.6 Å². The monoisotopic (exact) mass is 292 g/mol. The Hall–Kier alpha value is -1.02. The predicted molar refractivity (Wildman–Crippen MR) is 80.4 cm³/mol. The highest BCUT2D eigenvalue weighted by Gasteiger charge is 2.51. The van der Waals surface area contributed by atoms with Gasteiger partial charge in [-0.05, 0) is 54.7 Å². The van der Waals surface area contributed by atoms with Gasteiger partial charge in [0.05, 0.1) is 5.41 Å². The summed E-state index contributed by atoms with van der Waals surface area (Å²) >= 11 is 6.44. The summed E-state index contributed by atoms with van der Waals surface area (Å²) in [7, 11) is 0. The average Bonchev–Trinajstić information content (AvgIpc) is 3.21. The molecule has 0 radical (unpaired) electrons. The van der Waals surface area contributed by atoms with Crippen molar-refractivity contribution in [2.45, 2.75) is 56.8 Å². The van der Waals surface area contributed by atoms with E-state index in [1.807, 2.05) is 12.1 Å². The van der Waals surface area contributed by atoms with Crippen LogP contribution in [0.3, 0.4) is 0 Å². The van der Waals surface area contributed by atoms with Gasteiger partial charge in [0.2, 0.25) is 0 Å². The number of aliphatic carboxylic acids is 1. The first kappa shape index (κ1) is 13.9. The van der Waals surface area contributed by atoms with E-state index in [-0.39, 0.29) is 0 Å². The van der Waals surface area contributed by atoms with Crippen molar-refractivity contribution in [1.29, 1.82) is 0 Å². The van der Waals surface area contributed by atoms with Crippen molar-refractivity contribution in [3.8, 4) is 0 Å². The normalized spacial score (nSPS) is 28.1. The number of carboxylic acids is 1. The molecule has 108 valence electrons. The summed E-state index contributed by atoms with van der Waals surface area (Å²) in [5.74, 6) is 0.659. The molecule has 0 spiro atoms. The number of rotatable bonds is 3. The van der Waals surface area contributed by atoms with Gasteiger partial charge in [0.25, 0.3) is 0 Å². The van der Waals surface area contributed by atoms with E-state index in [0.29, 0.717) is 5.92 Å². The number of hydrogen-bond donors (Lipinski definition) is 1. The Balaban J connectivity index is 1.83. The van der Waals surface area contributed by atoms with Gasteiger partial charge in [0, 0.05) is 5.02 Å². The van der Waals surface area contributed by atoms with Gasteiger partial charge in [-0.1, -0.05) is 43.5 Å². The van der Waals surface area contributed by atoms with Crippen LogP contribution in [-0.4, -0.2) is 11.1 Å². The van der Waals surface area contributed by atoms with Crippen LogP contribution in [0.2, 0.25) is 5.02 Å². The fourth-order valence-corrected chi connectivity index (χ4v) is 3.81. The van der Waals surface area contributed by atoms with Gasteiger partial charge in [-0.25, -0.2) is 0 Å². The van der Waals surface area contributed by atoms with Gasteiger partial charge >= 0.3 is 5.97 Å². The largest absolute Gasteiger partial charge is 0.481 e. The minimum atomic E-state index is -0.715. The Kier molecular flexibility index (Phi) is 3.53. The van der Waals surface area contributed by atoms with Crippen molar-refractivity contribution in [2.24, 2.45) is 5.92 Å². The molecule has 0 bridgehead atoms. The fraction of sp³-hybridized carbons (Fsp3) is 0.588. The molecule has 1 aromatic carbocycles. The molecule has 20 heavy (non-hydrogen) atoms. The molecule has 0 aromatic heterocycles. The number of hydrogen-bond acceptors (Lipinski definition) is 1. The molecule has 1 aromatic rings. The first-order valence-electron chi connectivity index (χ1n) is 7.56. The van der Waals surface area contributed by atoms with Crippen molar-refractivity contribution < 1.29 is 9.90 Å². The zero-order chi connectivity index (χ0) is 14.3. The fourth-order valence-electron chi connectivity index (χ4n) is 3.48. The quantitative estimate of drug-likeness (QED) is 0.873. The SMILES string of the molecule is CC1CCC(c2ccc(C3(C(=O)O)CC3)cc2Cl)CC1. The molecule has 0 amide bonds. The van der Waals surface area contributed by atoms with Gasteiger partial charge in [-0.15, -0.1) is 0 Å². The lowest BCUT2D eigenvalue weighted by atomic mass is 9.79. The van der Waals surface area contributed by atoms with E-state index < -0.39 is 11.4 Å². The highest BCUT2D eigenvalue weighted by Crippen LogP contribution is 2.50. The Morgan fingerprint density at radius 1 is 1.25 bits per heavy atom. The summed E-state index contributed by atoms with van der Waals surface area (Å²) in [6.07, 6.45) is 6.40. The van der Waals surface area contributed by atoms with Crippen LogP contribution in [0, 0.1) is 5.92 Å². The number of carbonyl (C=O) groups is 1. The molecule has 2 saturated carbocycles. The third kappa shape index (κ3) is 2.35. The van der Waals surface area contributed by atoms with Gasteiger partial charge in [0.1, 0.15) is 0 Å². The maximum absolute atomic E-state index is 11.4. The molecule has 2 aliphatic rings. The highest BCUT2D eigenvalue weighted by atomic mass is 35.5. The minimum Gasteiger partial charge on any atom is -0.481 e. The summed E-state index contributed by atoms with van der Waals surface area (Å²) in [5, 5.41) is 10.1. The first-order chi connectivity index (χ1) is 9.53. The lowest BCUT2D eigenvalue weighted by Crippen LogP contribution is -2.19. The van der Waals surface area contributed by atoms with Gasteiger partial charge in [-0.2, -0.15) is 0 Å². The lowest BCUT2D eigenvalue weighted by Gasteiger charge is -2.27. The summed E-state index contributed by atoms with van der Waals surface area (Å²) in [6, 6.07) is 5.96. The second-order valence-corrected chi connectivity index (χ2v) is 6.99. The molecule has 3 rings (SSSR count). The third-order valence-electron chi connectivity index (χ3n) is 5.17. The average molecular weight is 293 g/mol. The van der Waals surface area contributed by atoms with Crippen LogP contribution in [-0.2, 0) is 10.2 Å². The molecular weight excluding hydrogens is 272 g/mol. The maximum Gasteiger partial charge on any atom is 0.314 e. The molecule has 0 unspecified atom stereocenters. The molecule has 0 heterocycles. The number of benzene rings is 1. The van der Waals surface area contributed by atoms with Crippen LogP contribution in [0.15, 0.2) is 18.2 Å². The molecule has 0 aliphatic heterocycles. The Labute approximate surface area is 125 Å². The smallest absolute Gasteiger partial charge is 0.314 e. The lowest BCUT2D eigenvalue weighted by molar-refractivity contribution is -0.140. The van der Waals surface area contributed by atoms with Crippen molar-refractivity contribution in [3.05, 3.63) is 34.3 Å². The maximum atomic E-state index is 11.4. The van der Waals surface area contributed by atoms with E-state index in [1.165, 1.54) is 31.2 Å². The summed E-state index contributed by atoms with van der Waals surface area (Å²) in [4.78, 5) is 11.4. The third-order valence-corrected chi connectivity index (χ3v) is 5.50. The summed E-state index contributed by atoms with van der Waals surface area (Å²) < 4.78 is 0. The molecule has 0 atom stereocenters. The topological polar surface area (TPSA) is 37.3 Å². The van der Waals surface area contributed by atoms with E-state index in [0.717, 1.165) is 29.3 Å². The second-order valence-electron chi connectivity index (χ2n) is 6.58. The summed E-state index contributed by atoms with van der Waals surface area (Å²) in [5.41, 5.74) is 1.44. The standard InChI is InChI=1S/C17H21ClO2/c1-11-2-4-12(5-3-11)14-7-6-13(10-15(14)18)17(8-9-17)16(19)20/h6-7,10-12H,2-5,8-9H2,1H3,(H,19,20). The van der Waals surface area contributed by atoms with Gasteiger partial charge in [0.15, 0.2) is 0 Å². The van der Waals surface area contributed by atoms with Crippen molar-refractivity contribution in [1.82, 2.24) is 0 Å². The van der Waals surface area contributed by atoms with E-state index in [4.69, 9.17) is 11.6 Å². The van der Waals surface area contributed by atoms with E-state index >= 15 is 0 Å². The van der Waals surface area contributed by atoms with Crippen molar-refractivity contribution in [3.63, 3.8) is 0 Å². The van der Waals surface area contributed by atoms with Crippen LogP contribution in [0.4, 0.5) is 0 Å². The molecular formula is C17H21ClO2. The molecule has 2 fully saturated rings. The van der Waals surface area contributed by atoms with E-state index in [2.05, 4.69) is 13.0 Å². The minimum absolute atomic E-state index is 0.549. The molecule has 0 saturated heterocycles. The van der Waals surface area contributed by atoms with E-state index in [9.17, 15) is 9.90 Å². The van der Waals surface area contributed by atoms with Crippen LogP contribution in [0.1, 0.15) is 62.5 Å². The molecule has 1 N–H and O–H groups in total. The number of halogens is 1. The van der Waals surface area contributed by atoms with Crippen LogP contribution in [0.5, 0.6) is 0 Å². The zero-order valence-electron chi connectivity index (χ0n) is 11.9. The Morgan fingerprint density at radius 3 is 2.40 bits per heavy atom.